The Morgan fingerprint density at radius 1 is 0.850 bits per heavy atom. The summed E-state index contributed by atoms with van der Waals surface area (Å²) in [5, 5.41) is 0. The Morgan fingerprint density at radius 2 is 1.45 bits per heavy atom. The molecule has 0 aromatic rings. The predicted octanol–water partition coefficient (Wildman–Crippen LogP) is 1.41. The summed E-state index contributed by atoms with van der Waals surface area (Å²) in [5.74, 6) is 0.743. The highest BCUT2D eigenvalue weighted by atomic mass is 16.2. The molecule has 3 saturated heterocycles. The Balaban J connectivity index is 1.46. The number of piperidine rings is 2. The number of hydrogen-bond acceptors (Lipinski definition) is 3. The molecule has 0 bridgehead atoms. The molecular formula is C16H29N3O. The zero-order chi connectivity index (χ0) is 13.9. The number of rotatable bonds is 2. The van der Waals surface area contributed by atoms with E-state index in [0.717, 1.165) is 45.1 Å². The van der Waals surface area contributed by atoms with Crippen LogP contribution >= 0.6 is 0 Å². The van der Waals surface area contributed by atoms with Crippen molar-refractivity contribution in [1.29, 1.82) is 0 Å². The predicted molar refractivity (Wildman–Crippen MR) is 80.6 cm³/mol. The van der Waals surface area contributed by atoms with Gasteiger partial charge in [0.25, 0.3) is 0 Å². The van der Waals surface area contributed by atoms with Gasteiger partial charge in [0.1, 0.15) is 0 Å². The van der Waals surface area contributed by atoms with Crippen LogP contribution < -0.4 is 0 Å². The highest BCUT2D eigenvalue weighted by molar-refractivity contribution is 5.79. The van der Waals surface area contributed by atoms with Crippen LogP contribution in [0, 0.1) is 5.92 Å². The van der Waals surface area contributed by atoms with Gasteiger partial charge in [-0.25, -0.2) is 0 Å². The number of nitrogens with zero attached hydrogens (tertiary/aromatic N) is 3. The number of carbonyl (C=O) groups excluding carboxylic acids is 1. The fourth-order valence-corrected chi connectivity index (χ4v) is 4.07. The van der Waals surface area contributed by atoms with Crippen LogP contribution in [0.1, 0.15) is 38.5 Å². The molecule has 114 valence electrons. The number of likely N-dealkylation sites (tertiary alicyclic amines) is 3. The maximum absolute atomic E-state index is 12.6. The van der Waals surface area contributed by atoms with Gasteiger partial charge in [-0.3, -0.25) is 4.79 Å². The summed E-state index contributed by atoms with van der Waals surface area (Å²) < 4.78 is 0. The molecule has 4 heteroatoms. The van der Waals surface area contributed by atoms with Crippen molar-refractivity contribution in [2.45, 2.75) is 44.6 Å². The normalized spacial score (nSPS) is 28.1. The lowest BCUT2D eigenvalue weighted by Gasteiger charge is -2.39. The van der Waals surface area contributed by atoms with Crippen LogP contribution in [0.2, 0.25) is 0 Å². The number of amides is 1. The molecule has 0 aliphatic carbocycles. The molecular weight excluding hydrogens is 250 g/mol. The van der Waals surface area contributed by atoms with Gasteiger partial charge in [0, 0.05) is 25.0 Å². The van der Waals surface area contributed by atoms with Gasteiger partial charge in [0.15, 0.2) is 0 Å². The van der Waals surface area contributed by atoms with E-state index >= 15 is 0 Å². The van der Waals surface area contributed by atoms with Crippen molar-refractivity contribution in [3.05, 3.63) is 0 Å². The van der Waals surface area contributed by atoms with Gasteiger partial charge in [-0.1, -0.05) is 0 Å². The zero-order valence-corrected chi connectivity index (χ0v) is 12.9. The third kappa shape index (κ3) is 3.17. The Bertz CT molecular complexity index is 325. The maximum atomic E-state index is 12.6. The van der Waals surface area contributed by atoms with Gasteiger partial charge < -0.3 is 14.7 Å². The highest BCUT2D eigenvalue weighted by Gasteiger charge is 2.32. The Hall–Kier alpha value is -0.610. The van der Waals surface area contributed by atoms with Crippen LogP contribution in [-0.2, 0) is 4.79 Å². The molecule has 0 unspecified atom stereocenters. The first-order chi connectivity index (χ1) is 9.74. The van der Waals surface area contributed by atoms with Crippen molar-refractivity contribution in [3.8, 4) is 0 Å². The molecule has 0 aromatic heterocycles. The van der Waals surface area contributed by atoms with Gasteiger partial charge >= 0.3 is 0 Å². The molecule has 20 heavy (non-hydrogen) atoms. The summed E-state index contributed by atoms with van der Waals surface area (Å²) >= 11 is 0. The lowest BCUT2D eigenvalue weighted by molar-refractivity contribution is -0.138. The van der Waals surface area contributed by atoms with E-state index in [2.05, 4.69) is 21.7 Å². The molecule has 0 atom stereocenters. The first-order valence-electron chi connectivity index (χ1n) is 8.45. The van der Waals surface area contributed by atoms with E-state index in [0.29, 0.717) is 11.8 Å². The van der Waals surface area contributed by atoms with Crippen molar-refractivity contribution in [1.82, 2.24) is 14.7 Å². The fraction of sp³-hybridized carbons (Fsp3) is 0.938. The third-order valence-electron chi connectivity index (χ3n) is 5.50. The van der Waals surface area contributed by atoms with Crippen molar-refractivity contribution < 1.29 is 4.79 Å². The molecule has 0 aromatic carbocycles. The molecule has 3 aliphatic rings. The monoisotopic (exact) mass is 279 g/mol. The summed E-state index contributed by atoms with van der Waals surface area (Å²) in [7, 11) is 2.15. The smallest absolute Gasteiger partial charge is 0.225 e. The minimum Gasteiger partial charge on any atom is -0.342 e. The van der Waals surface area contributed by atoms with Crippen molar-refractivity contribution >= 4 is 5.91 Å². The Labute approximate surface area is 123 Å². The maximum Gasteiger partial charge on any atom is 0.225 e. The number of hydrogen-bond donors (Lipinski definition) is 0. The van der Waals surface area contributed by atoms with Gasteiger partial charge in [-0.05, 0) is 71.8 Å². The quantitative estimate of drug-likeness (QED) is 0.765. The Kier molecular flexibility index (Phi) is 4.61. The minimum absolute atomic E-state index is 0.300. The molecule has 3 heterocycles. The van der Waals surface area contributed by atoms with E-state index in [9.17, 15) is 4.79 Å². The van der Waals surface area contributed by atoms with Gasteiger partial charge in [-0.15, -0.1) is 0 Å². The summed E-state index contributed by atoms with van der Waals surface area (Å²) in [6.07, 6.45) is 7.24. The average molecular weight is 279 g/mol. The van der Waals surface area contributed by atoms with Crippen molar-refractivity contribution in [2.75, 3.05) is 46.3 Å². The molecule has 3 aliphatic heterocycles. The molecule has 3 rings (SSSR count). The van der Waals surface area contributed by atoms with E-state index in [1.54, 1.807) is 0 Å². The molecule has 3 fully saturated rings. The minimum atomic E-state index is 0.300. The van der Waals surface area contributed by atoms with E-state index in [-0.39, 0.29) is 0 Å². The van der Waals surface area contributed by atoms with Gasteiger partial charge in [0.05, 0.1) is 0 Å². The lowest BCUT2D eigenvalue weighted by Crippen LogP contribution is -2.48. The topological polar surface area (TPSA) is 26.8 Å². The molecule has 4 nitrogen and oxygen atoms in total. The Morgan fingerprint density at radius 3 is 2.05 bits per heavy atom. The molecule has 0 N–H and O–H groups in total. The zero-order valence-electron chi connectivity index (χ0n) is 12.9. The molecule has 0 radical (unpaired) electrons. The second-order valence-corrected chi connectivity index (χ2v) is 6.88. The van der Waals surface area contributed by atoms with Gasteiger partial charge in [0.2, 0.25) is 5.91 Å². The average Bonchev–Trinajstić information content (AvgIpc) is 3.02. The van der Waals surface area contributed by atoms with E-state index in [1.807, 2.05) is 0 Å². The van der Waals surface area contributed by atoms with E-state index < -0.39 is 0 Å². The largest absolute Gasteiger partial charge is 0.342 e. The summed E-state index contributed by atoms with van der Waals surface area (Å²) in [4.78, 5) is 19.7. The second-order valence-electron chi connectivity index (χ2n) is 6.88. The van der Waals surface area contributed by atoms with E-state index in [4.69, 9.17) is 0 Å². The fourth-order valence-electron chi connectivity index (χ4n) is 4.07. The van der Waals surface area contributed by atoms with Crippen LogP contribution in [0.4, 0.5) is 0 Å². The second kappa shape index (κ2) is 6.44. The van der Waals surface area contributed by atoms with Crippen LogP contribution in [0.15, 0.2) is 0 Å². The SMILES string of the molecule is CN1CCC(C(=O)N2CCC(N3CCCC3)CC2)CC1. The highest BCUT2D eigenvalue weighted by Crippen LogP contribution is 2.24. The first kappa shape index (κ1) is 14.3. The molecule has 0 spiro atoms. The summed E-state index contributed by atoms with van der Waals surface area (Å²) in [5.41, 5.74) is 0. The van der Waals surface area contributed by atoms with E-state index in [1.165, 1.54) is 38.8 Å². The first-order valence-corrected chi connectivity index (χ1v) is 8.45. The van der Waals surface area contributed by atoms with Crippen LogP contribution in [0.25, 0.3) is 0 Å². The summed E-state index contributed by atoms with van der Waals surface area (Å²) in [6, 6.07) is 0.749. The number of carbonyl (C=O) groups is 1. The lowest BCUT2D eigenvalue weighted by atomic mass is 9.94. The van der Waals surface area contributed by atoms with Crippen molar-refractivity contribution in [2.24, 2.45) is 5.92 Å². The van der Waals surface area contributed by atoms with Gasteiger partial charge in [-0.2, -0.15) is 0 Å². The van der Waals surface area contributed by atoms with Crippen LogP contribution in [0.5, 0.6) is 0 Å². The standard InChI is InChI=1S/C16H29N3O/c1-17-10-4-14(5-11-17)16(20)19-12-6-15(7-13-19)18-8-2-3-9-18/h14-15H,2-13H2,1H3. The molecule has 0 saturated carbocycles. The van der Waals surface area contributed by atoms with Crippen LogP contribution in [0.3, 0.4) is 0 Å². The summed E-state index contributed by atoms with van der Waals surface area (Å²) in [6.45, 7) is 6.72. The third-order valence-corrected chi connectivity index (χ3v) is 5.50. The van der Waals surface area contributed by atoms with Crippen molar-refractivity contribution in [3.63, 3.8) is 0 Å². The molecule has 1 amide bonds. The van der Waals surface area contributed by atoms with Crippen LogP contribution in [-0.4, -0.2) is 73.0 Å².